The molecule has 3 amide bonds. The third kappa shape index (κ3) is 5.37. The van der Waals surface area contributed by atoms with Crippen molar-refractivity contribution in [2.24, 2.45) is 0 Å². The van der Waals surface area contributed by atoms with Crippen LogP contribution in [0.5, 0.6) is 0 Å². The molecule has 6 heteroatoms. The fourth-order valence-corrected chi connectivity index (χ4v) is 4.31. The molecule has 1 unspecified atom stereocenters. The van der Waals surface area contributed by atoms with Crippen LogP contribution in [0.3, 0.4) is 0 Å². The number of amides is 3. The van der Waals surface area contributed by atoms with Gasteiger partial charge in [0.25, 0.3) is 0 Å². The minimum atomic E-state index is -0.760. The first kappa shape index (κ1) is 21.3. The molecule has 2 fully saturated rings. The van der Waals surface area contributed by atoms with Crippen molar-refractivity contribution < 1.29 is 14.4 Å². The second-order valence-corrected chi connectivity index (χ2v) is 8.15. The van der Waals surface area contributed by atoms with Gasteiger partial charge in [0.15, 0.2) is 0 Å². The third-order valence-corrected chi connectivity index (χ3v) is 6.00. The number of carbonyl (C=O) groups excluding carboxylic acids is 3. The highest BCUT2D eigenvalue weighted by molar-refractivity contribution is 6.35. The van der Waals surface area contributed by atoms with Gasteiger partial charge in [0.05, 0.1) is 0 Å². The van der Waals surface area contributed by atoms with Crippen molar-refractivity contribution in [2.75, 3.05) is 19.6 Å². The number of hydrogen-bond acceptors (Lipinski definition) is 3. The van der Waals surface area contributed by atoms with Crippen molar-refractivity contribution in [1.29, 1.82) is 0 Å². The largest absolute Gasteiger partial charge is 0.351 e. The number of piperazine rings is 1. The van der Waals surface area contributed by atoms with Gasteiger partial charge in [-0.1, -0.05) is 69.4 Å². The van der Waals surface area contributed by atoms with E-state index in [9.17, 15) is 14.4 Å². The van der Waals surface area contributed by atoms with E-state index in [1.807, 2.05) is 30.3 Å². The Labute approximate surface area is 173 Å². The molecule has 1 aliphatic carbocycles. The lowest BCUT2D eigenvalue weighted by atomic mass is 10.0. The van der Waals surface area contributed by atoms with Crippen LogP contribution in [-0.2, 0) is 14.4 Å². The van der Waals surface area contributed by atoms with Crippen LogP contribution in [0, 0.1) is 0 Å². The first-order valence-electron chi connectivity index (χ1n) is 11.1. The highest BCUT2D eigenvalue weighted by atomic mass is 16.2. The number of rotatable bonds is 7. The molecule has 1 saturated heterocycles. The Kier molecular flexibility index (Phi) is 7.67. The molecule has 0 radical (unpaired) electrons. The molecule has 0 spiro atoms. The van der Waals surface area contributed by atoms with Crippen molar-refractivity contribution in [3.63, 3.8) is 0 Å². The molecule has 0 bridgehead atoms. The molecule has 1 N–H and O–H groups in total. The van der Waals surface area contributed by atoms with Crippen LogP contribution in [0.2, 0.25) is 0 Å². The van der Waals surface area contributed by atoms with Crippen molar-refractivity contribution in [2.45, 2.75) is 70.4 Å². The van der Waals surface area contributed by atoms with Gasteiger partial charge < -0.3 is 15.1 Å². The van der Waals surface area contributed by atoms with Gasteiger partial charge >= 0.3 is 11.8 Å². The summed E-state index contributed by atoms with van der Waals surface area (Å²) in [5.41, 5.74) is 0.752. The summed E-state index contributed by atoms with van der Waals surface area (Å²) in [6, 6.07) is 8.73. The van der Waals surface area contributed by atoms with E-state index >= 15 is 0 Å². The molecule has 2 aliphatic rings. The maximum absolute atomic E-state index is 13.3. The molecule has 3 rings (SSSR count). The van der Waals surface area contributed by atoms with Gasteiger partial charge in [-0.15, -0.1) is 0 Å². The fraction of sp³-hybridized carbons (Fsp3) is 0.609. The summed E-state index contributed by atoms with van der Waals surface area (Å²) < 4.78 is 0. The Morgan fingerprint density at radius 2 is 1.72 bits per heavy atom. The lowest BCUT2D eigenvalue weighted by Gasteiger charge is -2.38. The average molecular weight is 400 g/mol. The van der Waals surface area contributed by atoms with Crippen LogP contribution in [0.4, 0.5) is 0 Å². The minimum absolute atomic E-state index is 0.146. The fourth-order valence-electron chi connectivity index (χ4n) is 4.31. The van der Waals surface area contributed by atoms with Crippen LogP contribution >= 0.6 is 0 Å². The molecule has 1 aromatic carbocycles. The topological polar surface area (TPSA) is 69.7 Å². The molecule has 29 heavy (non-hydrogen) atoms. The monoisotopic (exact) mass is 399 g/mol. The minimum Gasteiger partial charge on any atom is -0.351 e. The third-order valence-electron chi connectivity index (χ3n) is 6.00. The molecule has 1 saturated carbocycles. The number of nitrogens with zero attached hydrogens (tertiary/aromatic N) is 2. The maximum Gasteiger partial charge on any atom is 0.313 e. The summed E-state index contributed by atoms with van der Waals surface area (Å²) in [4.78, 5) is 41.9. The smallest absolute Gasteiger partial charge is 0.313 e. The predicted molar refractivity (Wildman–Crippen MR) is 112 cm³/mol. The van der Waals surface area contributed by atoms with Gasteiger partial charge in [0.2, 0.25) is 5.91 Å². The normalized spacial score (nSPS) is 19.8. The van der Waals surface area contributed by atoms with E-state index in [2.05, 4.69) is 12.2 Å². The SMILES string of the molecule is CCCCN1CCN(C(C(=O)NC2CCCCCC2)c2ccccc2)C(=O)C1=O. The van der Waals surface area contributed by atoms with Gasteiger partial charge in [0, 0.05) is 25.7 Å². The predicted octanol–water partition coefficient (Wildman–Crippen LogP) is 3.04. The van der Waals surface area contributed by atoms with Gasteiger partial charge in [-0.25, -0.2) is 0 Å². The van der Waals surface area contributed by atoms with E-state index in [1.54, 1.807) is 4.90 Å². The summed E-state index contributed by atoms with van der Waals surface area (Å²) in [6.07, 6.45) is 8.46. The first-order chi connectivity index (χ1) is 14.1. The van der Waals surface area contributed by atoms with Crippen LogP contribution in [0.15, 0.2) is 30.3 Å². The summed E-state index contributed by atoms with van der Waals surface area (Å²) in [5, 5.41) is 3.18. The molecule has 1 aliphatic heterocycles. The van der Waals surface area contributed by atoms with Crippen molar-refractivity contribution >= 4 is 17.7 Å². The zero-order valence-electron chi connectivity index (χ0n) is 17.4. The lowest BCUT2D eigenvalue weighted by Crippen LogP contribution is -2.57. The highest BCUT2D eigenvalue weighted by Crippen LogP contribution is 2.25. The van der Waals surface area contributed by atoms with E-state index in [-0.39, 0.29) is 11.9 Å². The second kappa shape index (κ2) is 10.4. The Hall–Kier alpha value is -2.37. The molecule has 6 nitrogen and oxygen atoms in total. The Morgan fingerprint density at radius 1 is 1.03 bits per heavy atom. The lowest BCUT2D eigenvalue weighted by molar-refractivity contribution is -0.159. The number of benzene rings is 1. The first-order valence-corrected chi connectivity index (χ1v) is 11.1. The van der Waals surface area contributed by atoms with Crippen molar-refractivity contribution in [1.82, 2.24) is 15.1 Å². The molecule has 158 valence electrons. The molecule has 1 heterocycles. The van der Waals surface area contributed by atoms with E-state index in [4.69, 9.17) is 0 Å². The van der Waals surface area contributed by atoms with E-state index in [1.165, 1.54) is 17.7 Å². The Morgan fingerprint density at radius 3 is 2.38 bits per heavy atom. The summed E-state index contributed by atoms with van der Waals surface area (Å²) >= 11 is 0. The summed E-state index contributed by atoms with van der Waals surface area (Å²) in [5.74, 6) is -1.24. The van der Waals surface area contributed by atoms with E-state index < -0.39 is 17.9 Å². The van der Waals surface area contributed by atoms with Gasteiger partial charge in [-0.3, -0.25) is 14.4 Å². The second-order valence-electron chi connectivity index (χ2n) is 8.15. The van der Waals surface area contributed by atoms with Crippen molar-refractivity contribution in [3.05, 3.63) is 35.9 Å². The molecular weight excluding hydrogens is 366 g/mol. The number of nitrogens with one attached hydrogen (secondary N) is 1. The Bertz CT molecular complexity index is 699. The molecule has 1 aromatic rings. The number of unbranched alkanes of at least 4 members (excludes halogenated alkanes) is 1. The number of carbonyl (C=O) groups is 3. The van der Waals surface area contributed by atoms with Gasteiger partial charge in [-0.05, 0) is 24.8 Å². The van der Waals surface area contributed by atoms with Gasteiger partial charge in [-0.2, -0.15) is 0 Å². The quantitative estimate of drug-likeness (QED) is 0.566. The highest BCUT2D eigenvalue weighted by Gasteiger charge is 2.40. The zero-order valence-corrected chi connectivity index (χ0v) is 17.4. The summed E-state index contributed by atoms with van der Waals surface area (Å²) in [7, 11) is 0. The average Bonchev–Trinajstić information content (AvgIpc) is 3.00. The molecule has 1 atom stereocenters. The van der Waals surface area contributed by atoms with Gasteiger partial charge in [0.1, 0.15) is 6.04 Å². The van der Waals surface area contributed by atoms with Crippen molar-refractivity contribution in [3.8, 4) is 0 Å². The Balaban J connectivity index is 1.78. The van der Waals surface area contributed by atoms with Crippen LogP contribution in [-0.4, -0.2) is 53.2 Å². The summed E-state index contributed by atoms with van der Waals surface area (Å²) in [6.45, 7) is 3.52. The van der Waals surface area contributed by atoms with E-state index in [0.29, 0.717) is 19.6 Å². The van der Waals surface area contributed by atoms with E-state index in [0.717, 1.165) is 44.1 Å². The standard InChI is InChI=1S/C23H33N3O3/c1-2-3-15-25-16-17-26(23(29)22(25)28)20(18-11-7-6-8-12-18)21(27)24-19-13-9-4-5-10-14-19/h6-8,11-12,19-20H,2-5,9-10,13-17H2,1H3,(H,24,27). The zero-order chi connectivity index (χ0) is 20.6. The van der Waals surface area contributed by atoms with Crippen LogP contribution in [0.1, 0.15) is 69.9 Å². The molecular formula is C23H33N3O3. The maximum atomic E-state index is 13.3. The van der Waals surface area contributed by atoms with Crippen LogP contribution in [0.25, 0.3) is 0 Å². The number of hydrogen-bond donors (Lipinski definition) is 1. The van der Waals surface area contributed by atoms with Crippen LogP contribution < -0.4 is 5.32 Å². The molecule has 0 aromatic heterocycles.